The van der Waals surface area contributed by atoms with Crippen molar-refractivity contribution in [1.82, 2.24) is 10.2 Å². The minimum Gasteiger partial charge on any atom is -0.495 e. The number of hydrogen-bond acceptors (Lipinski definition) is 3. The van der Waals surface area contributed by atoms with E-state index < -0.39 is 17.8 Å². The molecule has 1 heterocycles. The summed E-state index contributed by atoms with van der Waals surface area (Å²) in [6.07, 6.45) is 1.51. The van der Waals surface area contributed by atoms with E-state index >= 15 is 0 Å². The van der Waals surface area contributed by atoms with E-state index in [1.54, 1.807) is 30.3 Å². The van der Waals surface area contributed by atoms with Crippen LogP contribution in [0.1, 0.15) is 11.1 Å². The minimum absolute atomic E-state index is 0.0996. The molecule has 7 heteroatoms. The summed E-state index contributed by atoms with van der Waals surface area (Å²) in [6.45, 7) is -0.141. The van der Waals surface area contributed by atoms with E-state index in [2.05, 4.69) is 5.32 Å². The number of benzene rings is 2. The molecule has 1 aliphatic heterocycles. The highest BCUT2D eigenvalue weighted by atomic mass is 35.5. The van der Waals surface area contributed by atoms with E-state index in [0.717, 1.165) is 4.90 Å². The number of carbonyl (C=O) groups excluding carboxylic acids is 2. The quantitative estimate of drug-likeness (QED) is 0.669. The first-order valence-corrected chi connectivity index (χ1v) is 7.79. The van der Waals surface area contributed by atoms with Crippen LogP contribution in [-0.4, -0.2) is 23.9 Å². The van der Waals surface area contributed by atoms with Crippen molar-refractivity contribution in [3.63, 3.8) is 0 Å². The number of urea groups is 1. The van der Waals surface area contributed by atoms with Gasteiger partial charge in [-0.25, -0.2) is 9.18 Å². The molecule has 0 atom stereocenters. The lowest BCUT2D eigenvalue weighted by Crippen LogP contribution is -2.30. The number of nitrogens with one attached hydrogen (secondary N) is 1. The fourth-order valence-electron chi connectivity index (χ4n) is 2.45. The second-order valence-electron chi connectivity index (χ2n) is 5.36. The van der Waals surface area contributed by atoms with Gasteiger partial charge in [-0.1, -0.05) is 35.9 Å². The highest BCUT2D eigenvalue weighted by Gasteiger charge is 2.33. The average molecular weight is 361 g/mol. The van der Waals surface area contributed by atoms with E-state index in [1.807, 2.05) is 0 Å². The fraction of sp³-hybridized carbons (Fsp3) is 0.111. The van der Waals surface area contributed by atoms with Crippen molar-refractivity contribution in [3.05, 3.63) is 70.1 Å². The zero-order chi connectivity index (χ0) is 18.0. The molecule has 0 bridgehead atoms. The predicted molar refractivity (Wildman–Crippen MR) is 91.5 cm³/mol. The monoisotopic (exact) mass is 360 g/mol. The Kier molecular flexibility index (Phi) is 4.72. The molecule has 1 fully saturated rings. The Hall–Kier alpha value is -2.86. The maximum absolute atomic E-state index is 13.7. The average Bonchev–Trinajstić information content (AvgIpc) is 2.84. The molecule has 0 aromatic heterocycles. The van der Waals surface area contributed by atoms with E-state index in [0.29, 0.717) is 16.3 Å². The molecule has 1 aliphatic rings. The number of methoxy groups -OCH3 is 1. The molecular formula is C18H14ClFN2O3. The van der Waals surface area contributed by atoms with Crippen LogP contribution >= 0.6 is 11.6 Å². The molecule has 25 heavy (non-hydrogen) atoms. The van der Waals surface area contributed by atoms with Crippen molar-refractivity contribution in [1.29, 1.82) is 0 Å². The molecule has 3 rings (SSSR count). The van der Waals surface area contributed by atoms with Crippen LogP contribution in [-0.2, 0) is 11.3 Å². The molecule has 1 saturated heterocycles. The Morgan fingerprint density at radius 1 is 1.24 bits per heavy atom. The molecular weight excluding hydrogens is 347 g/mol. The lowest BCUT2D eigenvalue weighted by molar-refractivity contribution is -0.123. The van der Waals surface area contributed by atoms with Gasteiger partial charge in [-0.15, -0.1) is 0 Å². The molecule has 3 amide bonds. The largest absolute Gasteiger partial charge is 0.495 e. The number of nitrogens with zero attached hydrogens (tertiary/aromatic N) is 1. The normalized spacial score (nSPS) is 15.6. The van der Waals surface area contributed by atoms with Gasteiger partial charge in [0.25, 0.3) is 5.91 Å². The van der Waals surface area contributed by atoms with Crippen LogP contribution < -0.4 is 10.1 Å². The van der Waals surface area contributed by atoms with E-state index in [1.165, 1.54) is 25.3 Å². The van der Waals surface area contributed by atoms with Gasteiger partial charge < -0.3 is 10.1 Å². The SMILES string of the molecule is COc1ccc(/C=C2\NC(=O)N(Cc3ccccc3F)C2=O)cc1Cl. The summed E-state index contributed by atoms with van der Waals surface area (Å²) in [6, 6.07) is 10.4. The maximum Gasteiger partial charge on any atom is 0.329 e. The Bertz CT molecular complexity index is 882. The summed E-state index contributed by atoms with van der Waals surface area (Å²) in [7, 11) is 1.50. The Labute approximate surface area is 148 Å². The topological polar surface area (TPSA) is 58.6 Å². The summed E-state index contributed by atoms with van der Waals surface area (Å²) in [4.78, 5) is 25.4. The van der Waals surface area contributed by atoms with Crippen molar-refractivity contribution in [2.75, 3.05) is 7.11 Å². The summed E-state index contributed by atoms with van der Waals surface area (Å²) < 4.78 is 18.8. The summed E-state index contributed by atoms with van der Waals surface area (Å²) in [5, 5.41) is 2.88. The van der Waals surface area contributed by atoms with Crippen LogP contribution in [0.4, 0.5) is 9.18 Å². The van der Waals surface area contributed by atoms with Crippen molar-refractivity contribution >= 4 is 29.6 Å². The molecule has 0 aliphatic carbocycles. The number of ether oxygens (including phenoxy) is 1. The van der Waals surface area contributed by atoms with E-state index in [-0.39, 0.29) is 17.8 Å². The zero-order valence-corrected chi connectivity index (χ0v) is 14.0. The Morgan fingerprint density at radius 3 is 2.68 bits per heavy atom. The smallest absolute Gasteiger partial charge is 0.329 e. The molecule has 1 N–H and O–H groups in total. The predicted octanol–water partition coefficient (Wildman–Crippen LogP) is 3.58. The summed E-state index contributed by atoms with van der Waals surface area (Å²) >= 11 is 6.05. The molecule has 2 aromatic carbocycles. The number of carbonyl (C=O) groups is 2. The summed E-state index contributed by atoms with van der Waals surface area (Å²) in [5.41, 5.74) is 0.990. The highest BCUT2D eigenvalue weighted by molar-refractivity contribution is 6.32. The van der Waals surface area contributed by atoms with E-state index in [9.17, 15) is 14.0 Å². The van der Waals surface area contributed by atoms with Gasteiger partial charge >= 0.3 is 6.03 Å². The molecule has 0 saturated carbocycles. The molecule has 2 aromatic rings. The Balaban J connectivity index is 1.83. The third kappa shape index (κ3) is 3.49. The van der Waals surface area contributed by atoms with Crippen LogP contribution in [0.5, 0.6) is 5.75 Å². The first-order chi connectivity index (χ1) is 12.0. The number of imide groups is 1. The van der Waals surface area contributed by atoms with Gasteiger partial charge in [0, 0.05) is 5.56 Å². The molecule has 0 radical (unpaired) electrons. The van der Waals surface area contributed by atoms with Gasteiger partial charge in [0.05, 0.1) is 18.7 Å². The van der Waals surface area contributed by atoms with E-state index in [4.69, 9.17) is 16.3 Å². The van der Waals surface area contributed by atoms with Crippen molar-refractivity contribution in [2.45, 2.75) is 6.54 Å². The van der Waals surface area contributed by atoms with Gasteiger partial charge in [-0.05, 0) is 29.8 Å². The molecule has 5 nitrogen and oxygen atoms in total. The molecule has 0 unspecified atom stereocenters. The number of amides is 3. The van der Waals surface area contributed by atoms with Gasteiger partial charge in [0.2, 0.25) is 0 Å². The summed E-state index contributed by atoms with van der Waals surface area (Å²) in [5.74, 6) is -0.491. The van der Waals surface area contributed by atoms with Crippen LogP contribution in [0.2, 0.25) is 5.02 Å². The second-order valence-corrected chi connectivity index (χ2v) is 5.77. The third-order valence-corrected chi connectivity index (χ3v) is 4.03. The van der Waals surface area contributed by atoms with Crippen molar-refractivity contribution < 1.29 is 18.7 Å². The van der Waals surface area contributed by atoms with Crippen LogP contribution in [0, 0.1) is 5.82 Å². The first-order valence-electron chi connectivity index (χ1n) is 7.41. The lowest BCUT2D eigenvalue weighted by atomic mass is 10.1. The van der Waals surface area contributed by atoms with Crippen molar-refractivity contribution in [2.24, 2.45) is 0 Å². The van der Waals surface area contributed by atoms with Crippen LogP contribution in [0.15, 0.2) is 48.2 Å². The molecule has 128 valence electrons. The van der Waals surface area contributed by atoms with Gasteiger partial charge in [-0.3, -0.25) is 9.69 Å². The third-order valence-electron chi connectivity index (χ3n) is 3.74. The van der Waals surface area contributed by atoms with Crippen LogP contribution in [0.3, 0.4) is 0 Å². The minimum atomic E-state index is -0.598. The zero-order valence-electron chi connectivity index (χ0n) is 13.3. The van der Waals surface area contributed by atoms with Gasteiger partial charge in [0.15, 0.2) is 0 Å². The van der Waals surface area contributed by atoms with Crippen LogP contribution in [0.25, 0.3) is 6.08 Å². The highest BCUT2D eigenvalue weighted by Crippen LogP contribution is 2.26. The van der Waals surface area contributed by atoms with Gasteiger partial charge in [0.1, 0.15) is 17.3 Å². The molecule has 0 spiro atoms. The number of hydrogen-bond donors (Lipinski definition) is 1. The maximum atomic E-state index is 13.7. The van der Waals surface area contributed by atoms with Crippen molar-refractivity contribution in [3.8, 4) is 5.75 Å². The first kappa shape index (κ1) is 17.0. The fourth-order valence-corrected chi connectivity index (χ4v) is 2.72. The van der Waals surface area contributed by atoms with Gasteiger partial charge in [-0.2, -0.15) is 0 Å². The second kappa shape index (κ2) is 6.94. The standard InChI is InChI=1S/C18H14ClFN2O3/c1-25-16-7-6-11(8-13(16)19)9-15-17(23)22(18(24)21-15)10-12-4-2-3-5-14(12)20/h2-9H,10H2,1H3,(H,21,24)/b15-9-. The number of rotatable bonds is 4. The Morgan fingerprint density at radius 2 is 2.00 bits per heavy atom. The lowest BCUT2D eigenvalue weighted by Gasteiger charge is -2.12. The number of halogens is 2.